The molecule has 0 fully saturated rings. The first kappa shape index (κ1) is 15.6. The molecule has 3 amide bonds. The molecule has 0 saturated heterocycles. The van der Waals surface area contributed by atoms with Gasteiger partial charge in [0.05, 0.1) is 12.1 Å². The number of aliphatic carboxylic acids is 1. The van der Waals surface area contributed by atoms with Crippen molar-refractivity contribution in [2.75, 3.05) is 0 Å². The van der Waals surface area contributed by atoms with Gasteiger partial charge in [-0.15, -0.1) is 5.10 Å². The molecule has 0 aromatic carbocycles. The third-order valence-corrected chi connectivity index (χ3v) is 1.97. The fourth-order valence-electron chi connectivity index (χ4n) is 1.34. The molecule has 1 aromatic heterocycles. The van der Waals surface area contributed by atoms with Crippen LogP contribution in [0.5, 0.6) is 0 Å². The fraction of sp³-hybridized carbons (Fsp3) is 0.545. The highest BCUT2D eigenvalue weighted by Gasteiger charge is 2.16. The van der Waals surface area contributed by atoms with Crippen molar-refractivity contribution in [1.29, 1.82) is 0 Å². The van der Waals surface area contributed by atoms with Crippen LogP contribution >= 0.6 is 0 Å². The van der Waals surface area contributed by atoms with E-state index in [-0.39, 0.29) is 18.7 Å². The van der Waals surface area contributed by atoms with Crippen LogP contribution in [-0.4, -0.2) is 43.5 Å². The standard InChI is InChI=1S/C11H17N5O4/c1-11(2,3)13-10(20)12-8(17)6-16-5-7(14-15-16)4-9(18)19/h5H,4,6H2,1-3H3,(H,18,19)(H2,12,13,17,20). The highest BCUT2D eigenvalue weighted by atomic mass is 16.4. The van der Waals surface area contributed by atoms with Gasteiger partial charge in [0.1, 0.15) is 6.54 Å². The SMILES string of the molecule is CC(C)(C)NC(=O)NC(=O)Cn1cc(CC(=O)O)nn1. The summed E-state index contributed by atoms with van der Waals surface area (Å²) in [5, 5.41) is 20.5. The summed E-state index contributed by atoms with van der Waals surface area (Å²) >= 11 is 0. The summed E-state index contributed by atoms with van der Waals surface area (Å²) in [6.45, 7) is 5.14. The summed E-state index contributed by atoms with van der Waals surface area (Å²) in [5.74, 6) is -1.61. The number of urea groups is 1. The van der Waals surface area contributed by atoms with E-state index in [4.69, 9.17) is 5.11 Å². The van der Waals surface area contributed by atoms with Gasteiger partial charge in [0.25, 0.3) is 0 Å². The molecule has 20 heavy (non-hydrogen) atoms. The third-order valence-electron chi connectivity index (χ3n) is 1.97. The van der Waals surface area contributed by atoms with Crippen molar-refractivity contribution in [2.24, 2.45) is 0 Å². The van der Waals surface area contributed by atoms with Gasteiger partial charge in [-0.25, -0.2) is 9.48 Å². The van der Waals surface area contributed by atoms with Crippen LogP contribution in [0.3, 0.4) is 0 Å². The Hall–Kier alpha value is -2.45. The second-order valence-corrected chi connectivity index (χ2v) is 5.23. The lowest BCUT2D eigenvalue weighted by Gasteiger charge is -2.20. The molecule has 0 aliphatic carbocycles. The van der Waals surface area contributed by atoms with Gasteiger partial charge in [0.2, 0.25) is 5.91 Å². The Bertz CT molecular complexity index is 517. The summed E-state index contributed by atoms with van der Waals surface area (Å²) in [6, 6.07) is -0.603. The van der Waals surface area contributed by atoms with Crippen molar-refractivity contribution in [1.82, 2.24) is 25.6 Å². The minimum Gasteiger partial charge on any atom is -0.481 e. The number of hydrogen-bond acceptors (Lipinski definition) is 5. The Morgan fingerprint density at radius 1 is 1.35 bits per heavy atom. The number of hydrogen-bond donors (Lipinski definition) is 3. The van der Waals surface area contributed by atoms with Crippen molar-refractivity contribution in [2.45, 2.75) is 39.3 Å². The number of carboxylic acids is 1. The predicted octanol–water partition coefficient (Wildman–Crippen LogP) is -0.470. The third kappa shape index (κ3) is 5.94. The largest absolute Gasteiger partial charge is 0.481 e. The summed E-state index contributed by atoms with van der Waals surface area (Å²) < 4.78 is 1.16. The van der Waals surface area contributed by atoms with Gasteiger partial charge in [0, 0.05) is 11.7 Å². The number of aromatic nitrogens is 3. The lowest BCUT2D eigenvalue weighted by molar-refractivity contribution is -0.136. The van der Waals surface area contributed by atoms with Crippen LogP contribution in [-0.2, 0) is 22.6 Å². The zero-order valence-electron chi connectivity index (χ0n) is 11.5. The van der Waals surface area contributed by atoms with Crippen molar-refractivity contribution in [3.63, 3.8) is 0 Å². The number of amides is 3. The van der Waals surface area contributed by atoms with E-state index in [1.54, 1.807) is 20.8 Å². The molecule has 1 heterocycles. The van der Waals surface area contributed by atoms with Gasteiger partial charge < -0.3 is 10.4 Å². The van der Waals surface area contributed by atoms with Crippen LogP contribution < -0.4 is 10.6 Å². The number of rotatable bonds is 4. The normalized spacial score (nSPS) is 10.9. The van der Waals surface area contributed by atoms with Crippen LogP contribution in [0.2, 0.25) is 0 Å². The molecule has 110 valence electrons. The average Bonchev–Trinajstić information content (AvgIpc) is 2.60. The van der Waals surface area contributed by atoms with Crippen molar-refractivity contribution in [3.8, 4) is 0 Å². The van der Waals surface area contributed by atoms with E-state index >= 15 is 0 Å². The number of nitrogens with one attached hydrogen (secondary N) is 2. The van der Waals surface area contributed by atoms with Gasteiger partial charge >= 0.3 is 12.0 Å². The zero-order chi connectivity index (χ0) is 15.3. The van der Waals surface area contributed by atoms with Crippen LogP contribution in [0.25, 0.3) is 0 Å². The Morgan fingerprint density at radius 3 is 2.55 bits per heavy atom. The molecule has 0 unspecified atom stereocenters. The summed E-state index contributed by atoms with van der Waals surface area (Å²) in [4.78, 5) is 33.5. The first-order chi connectivity index (χ1) is 9.15. The number of nitrogens with zero attached hydrogens (tertiary/aromatic N) is 3. The Kier molecular flexibility index (Phi) is 4.78. The van der Waals surface area contributed by atoms with E-state index in [2.05, 4.69) is 20.9 Å². The van der Waals surface area contributed by atoms with Crippen LogP contribution in [0.4, 0.5) is 4.79 Å². The lowest BCUT2D eigenvalue weighted by atomic mass is 10.1. The minimum atomic E-state index is -1.04. The molecule has 0 saturated carbocycles. The van der Waals surface area contributed by atoms with E-state index in [0.717, 1.165) is 4.68 Å². The van der Waals surface area contributed by atoms with Crippen molar-refractivity contribution < 1.29 is 19.5 Å². The topological polar surface area (TPSA) is 126 Å². The molecule has 9 heteroatoms. The molecule has 0 radical (unpaired) electrons. The molecular weight excluding hydrogens is 266 g/mol. The number of imide groups is 1. The molecule has 0 aliphatic rings. The van der Waals surface area contributed by atoms with Crippen molar-refractivity contribution >= 4 is 17.9 Å². The van der Waals surface area contributed by atoms with Gasteiger partial charge in [-0.05, 0) is 20.8 Å². The average molecular weight is 283 g/mol. The van der Waals surface area contributed by atoms with Gasteiger partial charge in [-0.3, -0.25) is 14.9 Å². The first-order valence-electron chi connectivity index (χ1n) is 5.88. The Balaban J connectivity index is 2.48. The molecule has 1 rings (SSSR count). The number of carboxylic acid groups (broad SMARTS) is 1. The Labute approximate surface area is 115 Å². The highest BCUT2D eigenvalue weighted by molar-refractivity contribution is 5.94. The van der Waals surface area contributed by atoms with E-state index in [1.165, 1.54) is 6.20 Å². The second-order valence-electron chi connectivity index (χ2n) is 5.23. The van der Waals surface area contributed by atoms with Gasteiger partial charge in [0.15, 0.2) is 0 Å². The highest BCUT2D eigenvalue weighted by Crippen LogP contribution is 1.98. The maximum Gasteiger partial charge on any atom is 0.321 e. The second kappa shape index (κ2) is 6.13. The van der Waals surface area contributed by atoms with Crippen LogP contribution in [0.1, 0.15) is 26.5 Å². The minimum absolute atomic E-state index is 0.218. The summed E-state index contributed by atoms with van der Waals surface area (Å²) in [7, 11) is 0. The van der Waals surface area contributed by atoms with Crippen LogP contribution in [0.15, 0.2) is 6.20 Å². The Morgan fingerprint density at radius 2 is 2.00 bits per heavy atom. The van der Waals surface area contributed by atoms with E-state index in [0.29, 0.717) is 0 Å². The predicted molar refractivity (Wildman–Crippen MR) is 67.8 cm³/mol. The molecule has 9 nitrogen and oxygen atoms in total. The number of carbonyl (C=O) groups is 3. The maximum atomic E-state index is 11.6. The van der Waals surface area contributed by atoms with Gasteiger partial charge in [-0.2, -0.15) is 0 Å². The summed E-state index contributed by atoms with van der Waals surface area (Å²) in [6.07, 6.45) is 1.07. The fourth-order valence-corrected chi connectivity index (χ4v) is 1.34. The van der Waals surface area contributed by atoms with E-state index in [1.807, 2.05) is 0 Å². The molecule has 3 N–H and O–H groups in total. The summed E-state index contributed by atoms with van der Waals surface area (Å²) in [5.41, 5.74) is -0.212. The van der Waals surface area contributed by atoms with Crippen LogP contribution in [0, 0.1) is 0 Å². The quantitative estimate of drug-likeness (QED) is 0.685. The van der Waals surface area contributed by atoms with E-state index < -0.39 is 23.4 Å². The molecule has 1 aromatic rings. The van der Waals surface area contributed by atoms with Crippen molar-refractivity contribution in [3.05, 3.63) is 11.9 Å². The smallest absolute Gasteiger partial charge is 0.321 e. The molecule has 0 bridgehead atoms. The molecule has 0 spiro atoms. The monoisotopic (exact) mass is 283 g/mol. The maximum absolute atomic E-state index is 11.6. The van der Waals surface area contributed by atoms with Gasteiger partial charge in [-0.1, -0.05) is 5.21 Å². The molecule has 0 aliphatic heterocycles. The number of carbonyl (C=O) groups excluding carboxylic acids is 2. The molecular formula is C11H17N5O4. The zero-order valence-corrected chi connectivity index (χ0v) is 11.5. The first-order valence-corrected chi connectivity index (χ1v) is 5.88. The lowest BCUT2D eigenvalue weighted by Crippen LogP contribution is -2.48. The molecule has 0 atom stereocenters. The van der Waals surface area contributed by atoms with E-state index in [9.17, 15) is 14.4 Å².